The van der Waals surface area contributed by atoms with Gasteiger partial charge in [0.15, 0.2) is 0 Å². The molecule has 0 radical (unpaired) electrons. The minimum Gasteiger partial charge on any atom is -0.356 e. The van der Waals surface area contributed by atoms with Gasteiger partial charge in [0.25, 0.3) is 0 Å². The van der Waals surface area contributed by atoms with E-state index in [9.17, 15) is 14.4 Å². The molecule has 0 aromatic heterocycles. The molecular formula is C18H31IN2O4. The molecule has 0 aromatic carbocycles. The van der Waals surface area contributed by atoms with Crippen LogP contribution in [0.25, 0.3) is 0 Å². The van der Waals surface area contributed by atoms with Gasteiger partial charge in [-0.3, -0.25) is 14.4 Å². The largest absolute Gasteiger partial charge is 0.356 e. The topological polar surface area (TPSA) is 84.5 Å². The van der Waals surface area contributed by atoms with Gasteiger partial charge in [0.05, 0.1) is 13.0 Å². The average molecular weight is 466 g/mol. The van der Waals surface area contributed by atoms with E-state index < -0.39 is 0 Å². The van der Waals surface area contributed by atoms with Crippen LogP contribution in [0.2, 0.25) is 0 Å². The molecule has 0 bridgehead atoms. The zero-order valence-corrected chi connectivity index (χ0v) is 17.5. The summed E-state index contributed by atoms with van der Waals surface area (Å²) < 4.78 is 4.86. The number of hydrogen-bond donors (Lipinski definition) is 2. The third-order valence-corrected chi connectivity index (χ3v) is 5.12. The zero-order valence-electron chi connectivity index (χ0n) is 15.3. The fourth-order valence-electron chi connectivity index (χ4n) is 3.00. The first-order chi connectivity index (χ1) is 11.9. The predicted octanol–water partition coefficient (Wildman–Crippen LogP) is 2.93. The smallest absolute Gasteiger partial charge is 0.222 e. The van der Waals surface area contributed by atoms with Crippen molar-refractivity contribution in [2.45, 2.75) is 71.3 Å². The van der Waals surface area contributed by atoms with Gasteiger partial charge in [0.2, 0.25) is 11.8 Å². The van der Waals surface area contributed by atoms with Gasteiger partial charge in [0.1, 0.15) is 28.8 Å². The number of nitrogens with one attached hydrogen (secondary N) is 2. The van der Waals surface area contributed by atoms with Crippen molar-refractivity contribution >= 4 is 40.6 Å². The van der Waals surface area contributed by atoms with Crippen molar-refractivity contribution in [3.05, 3.63) is 0 Å². The fourth-order valence-corrected chi connectivity index (χ4v) is 3.22. The van der Waals surface area contributed by atoms with Crippen molar-refractivity contribution < 1.29 is 17.4 Å². The Labute approximate surface area is 164 Å². The summed E-state index contributed by atoms with van der Waals surface area (Å²) in [6, 6.07) is 0.229. The van der Waals surface area contributed by atoms with Gasteiger partial charge in [0, 0.05) is 31.3 Å². The molecular weight excluding hydrogens is 435 g/mol. The molecule has 1 aliphatic rings. The third kappa shape index (κ3) is 10.1. The number of halogens is 1. The number of ketones is 1. The number of Topliss-reactive ketones (excluding diaryl/α,β-unsaturated/α-hetero) is 1. The van der Waals surface area contributed by atoms with E-state index in [1.165, 1.54) is 0 Å². The molecule has 0 aromatic rings. The minimum absolute atomic E-state index is 0.0306. The van der Waals surface area contributed by atoms with Crippen molar-refractivity contribution in [1.29, 1.82) is 0 Å². The van der Waals surface area contributed by atoms with Crippen LogP contribution in [-0.4, -0.2) is 36.8 Å². The molecule has 7 heteroatoms. The highest BCUT2D eigenvalue weighted by Crippen LogP contribution is 2.24. The van der Waals surface area contributed by atoms with Gasteiger partial charge in [-0.25, -0.2) is 0 Å². The second-order valence-corrected chi connectivity index (χ2v) is 7.75. The maximum absolute atomic E-state index is 12.0. The molecule has 0 heterocycles. The quantitative estimate of drug-likeness (QED) is 0.459. The summed E-state index contributed by atoms with van der Waals surface area (Å²) in [6.45, 7) is 4.92. The molecule has 1 fully saturated rings. The molecule has 1 saturated carbocycles. The standard InChI is InChI=1S/C18H31IN2O4/c1-13(2)16(22)4-3-5-18(24)21-15-8-6-14(7-9-15)12-20-17(23)10-11-25-19/h13-15H,3-12H2,1-2H3,(H,20,23)(H,21,24). The molecule has 2 amide bonds. The van der Waals surface area contributed by atoms with E-state index in [0.717, 1.165) is 25.7 Å². The van der Waals surface area contributed by atoms with Gasteiger partial charge in [-0.1, -0.05) is 13.8 Å². The summed E-state index contributed by atoms with van der Waals surface area (Å²) >= 11 is 1.79. The Balaban J connectivity index is 2.12. The van der Waals surface area contributed by atoms with Crippen LogP contribution in [0, 0.1) is 11.8 Å². The van der Waals surface area contributed by atoms with E-state index in [0.29, 0.717) is 44.8 Å². The lowest BCUT2D eigenvalue weighted by Crippen LogP contribution is -2.39. The highest BCUT2D eigenvalue weighted by Gasteiger charge is 2.22. The van der Waals surface area contributed by atoms with Gasteiger partial charge in [-0.05, 0) is 38.0 Å². The predicted molar refractivity (Wildman–Crippen MR) is 105 cm³/mol. The fraction of sp³-hybridized carbons (Fsp3) is 0.833. The Morgan fingerprint density at radius 3 is 2.32 bits per heavy atom. The zero-order chi connectivity index (χ0) is 18.7. The Hall–Kier alpha value is -0.700. The highest BCUT2D eigenvalue weighted by atomic mass is 127. The van der Waals surface area contributed by atoms with Crippen LogP contribution < -0.4 is 10.6 Å². The molecule has 0 unspecified atom stereocenters. The van der Waals surface area contributed by atoms with E-state index in [1.807, 2.05) is 13.8 Å². The van der Waals surface area contributed by atoms with E-state index in [-0.39, 0.29) is 29.6 Å². The lowest BCUT2D eigenvalue weighted by atomic mass is 9.86. The molecule has 25 heavy (non-hydrogen) atoms. The maximum atomic E-state index is 12.0. The van der Waals surface area contributed by atoms with Crippen LogP contribution in [0.4, 0.5) is 0 Å². The second kappa shape index (κ2) is 12.6. The van der Waals surface area contributed by atoms with E-state index in [1.54, 1.807) is 23.0 Å². The van der Waals surface area contributed by atoms with Gasteiger partial charge < -0.3 is 13.7 Å². The lowest BCUT2D eigenvalue weighted by molar-refractivity contribution is -0.123. The van der Waals surface area contributed by atoms with Crippen molar-refractivity contribution in [3.8, 4) is 0 Å². The summed E-state index contributed by atoms with van der Waals surface area (Å²) in [7, 11) is 0. The molecule has 0 atom stereocenters. The minimum atomic E-state index is 0.0306. The number of carbonyl (C=O) groups excluding carboxylic acids is 3. The molecule has 144 valence electrons. The van der Waals surface area contributed by atoms with E-state index in [4.69, 9.17) is 3.07 Å². The van der Waals surface area contributed by atoms with Crippen molar-refractivity contribution in [2.24, 2.45) is 11.8 Å². The Morgan fingerprint density at radius 2 is 1.72 bits per heavy atom. The lowest BCUT2D eigenvalue weighted by Gasteiger charge is -2.29. The van der Waals surface area contributed by atoms with Crippen LogP contribution in [0.15, 0.2) is 0 Å². The second-order valence-electron chi connectivity index (χ2n) is 7.13. The molecule has 1 aliphatic carbocycles. The highest BCUT2D eigenvalue weighted by molar-refractivity contribution is 14.1. The Morgan fingerprint density at radius 1 is 1.04 bits per heavy atom. The van der Waals surface area contributed by atoms with Gasteiger partial charge in [-0.15, -0.1) is 0 Å². The SMILES string of the molecule is CC(C)C(=O)CCCC(=O)NC1CCC(CNC(=O)CCOI)CC1. The first kappa shape index (κ1) is 22.3. The number of rotatable bonds is 11. The van der Waals surface area contributed by atoms with Gasteiger partial charge >= 0.3 is 0 Å². The molecule has 0 aliphatic heterocycles. The van der Waals surface area contributed by atoms with Crippen LogP contribution in [0.1, 0.15) is 65.2 Å². The maximum Gasteiger partial charge on any atom is 0.222 e. The van der Waals surface area contributed by atoms with Crippen molar-refractivity contribution in [3.63, 3.8) is 0 Å². The van der Waals surface area contributed by atoms with Crippen LogP contribution in [0.3, 0.4) is 0 Å². The normalized spacial score (nSPS) is 20.3. The first-order valence-electron chi connectivity index (χ1n) is 9.24. The van der Waals surface area contributed by atoms with E-state index >= 15 is 0 Å². The van der Waals surface area contributed by atoms with Crippen LogP contribution >= 0.6 is 23.0 Å². The first-order valence-corrected chi connectivity index (χ1v) is 10.1. The summed E-state index contributed by atoms with van der Waals surface area (Å²) in [5.74, 6) is 0.838. The number of carbonyl (C=O) groups is 3. The molecule has 0 saturated heterocycles. The Bertz CT molecular complexity index is 435. The molecule has 0 spiro atoms. The molecule has 1 rings (SSSR count). The summed E-state index contributed by atoms with van der Waals surface area (Å²) in [6.07, 6.45) is 5.87. The summed E-state index contributed by atoms with van der Waals surface area (Å²) in [5, 5.41) is 6.03. The number of amides is 2. The third-order valence-electron chi connectivity index (χ3n) is 4.68. The van der Waals surface area contributed by atoms with Crippen LogP contribution in [0.5, 0.6) is 0 Å². The van der Waals surface area contributed by atoms with Crippen molar-refractivity contribution in [1.82, 2.24) is 10.6 Å². The Kier molecular flexibility index (Phi) is 11.3. The van der Waals surface area contributed by atoms with E-state index in [2.05, 4.69) is 10.6 Å². The monoisotopic (exact) mass is 466 g/mol. The van der Waals surface area contributed by atoms with Gasteiger partial charge in [-0.2, -0.15) is 0 Å². The van der Waals surface area contributed by atoms with Crippen molar-refractivity contribution in [2.75, 3.05) is 13.2 Å². The summed E-state index contributed by atoms with van der Waals surface area (Å²) in [5.41, 5.74) is 0. The molecule has 6 nitrogen and oxygen atoms in total. The van der Waals surface area contributed by atoms with Crippen LogP contribution in [-0.2, 0) is 17.4 Å². The molecule has 2 N–H and O–H groups in total. The summed E-state index contributed by atoms with van der Waals surface area (Å²) in [4.78, 5) is 35.1. The average Bonchev–Trinajstić information content (AvgIpc) is 2.59. The number of hydrogen-bond acceptors (Lipinski definition) is 4.